The quantitative estimate of drug-likeness (QED) is 0.634. The van der Waals surface area contributed by atoms with Crippen molar-refractivity contribution in [1.29, 1.82) is 0 Å². The molecule has 0 aliphatic carbocycles. The average Bonchev–Trinajstić information content (AvgIpc) is 2.63. The van der Waals surface area contributed by atoms with Crippen LogP contribution in [0.1, 0.15) is 17.9 Å². The average molecular weight is 213 g/mol. The molecule has 0 fully saturated rings. The summed E-state index contributed by atoms with van der Waals surface area (Å²) in [7, 11) is 0. The smallest absolute Gasteiger partial charge is 0.117 e. The van der Waals surface area contributed by atoms with Crippen LogP contribution in [0, 0.1) is 6.92 Å². The van der Waals surface area contributed by atoms with Crippen LogP contribution in [0.15, 0.2) is 16.5 Å². The van der Waals surface area contributed by atoms with E-state index in [0.717, 1.165) is 31.0 Å². The normalized spacial score (nSPS) is 10.8. The molecule has 0 saturated heterocycles. The van der Waals surface area contributed by atoms with Gasteiger partial charge in [0.2, 0.25) is 0 Å². The van der Waals surface area contributed by atoms with Crippen molar-refractivity contribution in [3.8, 4) is 0 Å². The maximum Gasteiger partial charge on any atom is 0.117 e. The van der Waals surface area contributed by atoms with E-state index in [-0.39, 0.29) is 6.61 Å². The van der Waals surface area contributed by atoms with E-state index in [1.807, 2.05) is 19.1 Å². The molecule has 1 rings (SSSR count). The summed E-state index contributed by atoms with van der Waals surface area (Å²) in [6.07, 6.45) is 0.944. The van der Waals surface area contributed by atoms with E-state index < -0.39 is 0 Å². The van der Waals surface area contributed by atoms with Crippen molar-refractivity contribution in [2.24, 2.45) is 0 Å². The van der Waals surface area contributed by atoms with E-state index in [2.05, 4.69) is 5.32 Å². The van der Waals surface area contributed by atoms with Crippen LogP contribution >= 0.6 is 0 Å². The summed E-state index contributed by atoms with van der Waals surface area (Å²) in [5, 5.41) is 11.7. The molecule has 2 N–H and O–H groups in total. The summed E-state index contributed by atoms with van der Waals surface area (Å²) in [6.45, 7) is 4.80. The second kappa shape index (κ2) is 7.45. The van der Waals surface area contributed by atoms with Crippen LogP contribution in [0.25, 0.3) is 0 Å². The zero-order valence-corrected chi connectivity index (χ0v) is 9.16. The first-order valence-corrected chi connectivity index (χ1v) is 5.27. The molecule has 86 valence electrons. The maximum atomic E-state index is 8.47. The molecule has 0 atom stereocenters. The number of nitrogens with one attached hydrogen (secondary N) is 1. The zero-order valence-electron chi connectivity index (χ0n) is 9.16. The molecule has 15 heavy (non-hydrogen) atoms. The predicted octanol–water partition coefficient (Wildman–Crippen LogP) is 1.08. The Kier molecular flexibility index (Phi) is 6.08. The highest BCUT2D eigenvalue weighted by atomic mass is 16.5. The van der Waals surface area contributed by atoms with Gasteiger partial charge in [-0.1, -0.05) is 0 Å². The molecular formula is C11H19NO3. The molecule has 0 aliphatic heterocycles. The number of aliphatic hydroxyl groups excluding tert-OH is 1. The van der Waals surface area contributed by atoms with Crippen molar-refractivity contribution in [2.75, 3.05) is 26.4 Å². The summed E-state index contributed by atoms with van der Waals surface area (Å²) in [5.74, 6) is 1.90. The fourth-order valence-corrected chi connectivity index (χ4v) is 1.26. The third-order valence-electron chi connectivity index (χ3n) is 1.97. The van der Waals surface area contributed by atoms with Crippen LogP contribution in [-0.2, 0) is 11.3 Å². The lowest BCUT2D eigenvalue weighted by Gasteiger charge is -2.03. The van der Waals surface area contributed by atoms with Crippen molar-refractivity contribution in [1.82, 2.24) is 5.32 Å². The highest BCUT2D eigenvalue weighted by Crippen LogP contribution is 2.05. The largest absolute Gasteiger partial charge is 0.465 e. The molecule has 0 unspecified atom stereocenters. The lowest BCUT2D eigenvalue weighted by atomic mass is 10.4. The third kappa shape index (κ3) is 5.57. The monoisotopic (exact) mass is 213 g/mol. The van der Waals surface area contributed by atoms with Crippen molar-refractivity contribution >= 4 is 0 Å². The van der Waals surface area contributed by atoms with Crippen LogP contribution in [0.2, 0.25) is 0 Å². The molecule has 1 aromatic rings. The van der Waals surface area contributed by atoms with Gasteiger partial charge in [0.15, 0.2) is 0 Å². The second-order valence-electron chi connectivity index (χ2n) is 3.38. The first kappa shape index (κ1) is 12.2. The van der Waals surface area contributed by atoms with Gasteiger partial charge >= 0.3 is 0 Å². The Morgan fingerprint density at radius 1 is 1.40 bits per heavy atom. The van der Waals surface area contributed by atoms with Crippen molar-refractivity contribution in [2.45, 2.75) is 19.9 Å². The minimum Gasteiger partial charge on any atom is -0.465 e. The van der Waals surface area contributed by atoms with Crippen LogP contribution < -0.4 is 5.32 Å². The SMILES string of the molecule is Cc1ccc(CNCCCOCCO)o1. The molecule has 4 nitrogen and oxygen atoms in total. The lowest BCUT2D eigenvalue weighted by Crippen LogP contribution is -2.16. The van der Waals surface area contributed by atoms with Crippen molar-refractivity contribution in [3.05, 3.63) is 23.7 Å². The van der Waals surface area contributed by atoms with Gasteiger partial charge in [-0.25, -0.2) is 0 Å². The number of hydrogen-bond donors (Lipinski definition) is 2. The summed E-state index contributed by atoms with van der Waals surface area (Å²) in [4.78, 5) is 0. The molecular weight excluding hydrogens is 194 g/mol. The highest BCUT2D eigenvalue weighted by molar-refractivity contribution is 5.04. The minimum absolute atomic E-state index is 0.0963. The standard InChI is InChI=1S/C11H19NO3/c1-10-3-4-11(15-10)9-12-5-2-7-14-8-6-13/h3-4,12-13H,2,5-9H2,1H3. The number of ether oxygens (including phenoxy) is 1. The lowest BCUT2D eigenvalue weighted by molar-refractivity contribution is 0.0906. The number of rotatable bonds is 8. The molecule has 4 heteroatoms. The molecule has 0 amide bonds. The molecule has 0 bridgehead atoms. The van der Waals surface area contributed by atoms with Gasteiger partial charge in [-0.3, -0.25) is 0 Å². The fraction of sp³-hybridized carbons (Fsp3) is 0.636. The number of aryl methyl sites for hydroxylation is 1. The third-order valence-corrected chi connectivity index (χ3v) is 1.97. The van der Waals surface area contributed by atoms with Gasteiger partial charge in [-0.15, -0.1) is 0 Å². The topological polar surface area (TPSA) is 54.6 Å². The fourth-order valence-electron chi connectivity index (χ4n) is 1.26. The van der Waals surface area contributed by atoms with Crippen LogP contribution in [0.5, 0.6) is 0 Å². The minimum atomic E-state index is 0.0963. The highest BCUT2D eigenvalue weighted by Gasteiger charge is 1.96. The van der Waals surface area contributed by atoms with Gasteiger partial charge in [0.1, 0.15) is 11.5 Å². The Morgan fingerprint density at radius 3 is 2.93 bits per heavy atom. The van der Waals surface area contributed by atoms with Gasteiger partial charge in [-0.05, 0) is 32.0 Å². The van der Waals surface area contributed by atoms with Gasteiger partial charge in [0.25, 0.3) is 0 Å². The van der Waals surface area contributed by atoms with E-state index in [0.29, 0.717) is 13.2 Å². The Labute approximate surface area is 90.2 Å². The van der Waals surface area contributed by atoms with Crippen molar-refractivity contribution < 1.29 is 14.3 Å². The number of furan rings is 1. The molecule has 0 radical (unpaired) electrons. The Morgan fingerprint density at radius 2 is 2.27 bits per heavy atom. The zero-order chi connectivity index (χ0) is 10.9. The predicted molar refractivity (Wildman–Crippen MR) is 57.7 cm³/mol. The van der Waals surface area contributed by atoms with Crippen LogP contribution in [0.4, 0.5) is 0 Å². The van der Waals surface area contributed by atoms with Gasteiger partial charge < -0.3 is 19.6 Å². The van der Waals surface area contributed by atoms with Crippen LogP contribution in [-0.4, -0.2) is 31.5 Å². The Bertz CT molecular complexity index is 260. The van der Waals surface area contributed by atoms with Gasteiger partial charge in [0.05, 0.1) is 19.8 Å². The van der Waals surface area contributed by atoms with Crippen molar-refractivity contribution in [3.63, 3.8) is 0 Å². The van der Waals surface area contributed by atoms with E-state index in [4.69, 9.17) is 14.3 Å². The van der Waals surface area contributed by atoms with E-state index in [1.165, 1.54) is 0 Å². The maximum absolute atomic E-state index is 8.47. The molecule has 0 spiro atoms. The summed E-state index contributed by atoms with van der Waals surface area (Å²) < 4.78 is 10.5. The number of hydrogen-bond acceptors (Lipinski definition) is 4. The molecule has 1 aromatic heterocycles. The molecule has 0 saturated carbocycles. The molecule has 0 aliphatic rings. The summed E-state index contributed by atoms with van der Waals surface area (Å²) in [5.41, 5.74) is 0. The van der Waals surface area contributed by atoms with Gasteiger partial charge in [0, 0.05) is 6.61 Å². The van der Waals surface area contributed by atoms with E-state index in [1.54, 1.807) is 0 Å². The second-order valence-corrected chi connectivity index (χ2v) is 3.38. The Balaban J connectivity index is 1.93. The van der Waals surface area contributed by atoms with E-state index >= 15 is 0 Å². The first-order chi connectivity index (χ1) is 7.33. The van der Waals surface area contributed by atoms with E-state index in [9.17, 15) is 0 Å². The first-order valence-electron chi connectivity index (χ1n) is 5.27. The molecule has 1 heterocycles. The summed E-state index contributed by atoms with van der Waals surface area (Å²) in [6, 6.07) is 3.94. The van der Waals surface area contributed by atoms with Crippen LogP contribution in [0.3, 0.4) is 0 Å². The Hall–Kier alpha value is -0.840. The summed E-state index contributed by atoms with van der Waals surface area (Å²) >= 11 is 0. The molecule has 0 aromatic carbocycles. The number of aliphatic hydroxyl groups is 1. The van der Waals surface area contributed by atoms with Gasteiger partial charge in [-0.2, -0.15) is 0 Å².